The second-order valence-corrected chi connectivity index (χ2v) is 2.37. The van der Waals surface area contributed by atoms with Gasteiger partial charge in [-0.25, -0.2) is 0 Å². The summed E-state index contributed by atoms with van der Waals surface area (Å²) < 4.78 is 0. The minimum atomic E-state index is 0.519. The average Bonchev–Trinajstić information content (AvgIpc) is 1.68. The van der Waals surface area contributed by atoms with Crippen LogP contribution >= 0.6 is 12.6 Å². The van der Waals surface area contributed by atoms with Crippen LogP contribution in [0.15, 0.2) is 0 Å². The van der Waals surface area contributed by atoms with Crippen molar-refractivity contribution < 1.29 is 0 Å². The third-order valence-corrected chi connectivity index (χ3v) is 1.59. The molecule has 0 aliphatic rings. The Morgan fingerprint density at radius 2 is 2.29 bits per heavy atom. The highest BCUT2D eigenvalue weighted by Crippen LogP contribution is 2.06. The Labute approximate surface area is 51.7 Å². The lowest BCUT2D eigenvalue weighted by molar-refractivity contribution is 0.752. The molecular formula is C6H12S. The lowest BCUT2D eigenvalue weighted by Crippen LogP contribution is -1.92. The molecule has 0 aromatic carbocycles. The fourth-order valence-corrected chi connectivity index (χ4v) is 0.546. The monoisotopic (exact) mass is 116 g/mol. The quantitative estimate of drug-likeness (QED) is 0.537. The van der Waals surface area contributed by atoms with Crippen LogP contribution in [-0.4, -0.2) is 5.25 Å². The summed E-state index contributed by atoms with van der Waals surface area (Å²) in [5, 5.41) is 0.519. The van der Waals surface area contributed by atoms with E-state index in [2.05, 4.69) is 19.6 Å². The van der Waals surface area contributed by atoms with E-state index < -0.39 is 0 Å². The van der Waals surface area contributed by atoms with Crippen molar-refractivity contribution in [1.29, 1.82) is 0 Å². The maximum absolute atomic E-state index is 5.26. The number of hydrogen-bond donors (Lipinski definition) is 1. The van der Waals surface area contributed by atoms with Crippen LogP contribution in [-0.2, 0) is 0 Å². The van der Waals surface area contributed by atoms with E-state index in [-0.39, 0.29) is 0 Å². The van der Waals surface area contributed by atoms with Gasteiger partial charge in [0, 0.05) is 5.25 Å². The topological polar surface area (TPSA) is 0 Å². The van der Waals surface area contributed by atoms with Crippen molar-refractivity contribution in [1.82, 2.24) is 0 Å². The predicted octanol–water partition coefficient (Wildman–Crippen LogP) is 2.19. The molecule has 1 heteroatoms. The molecule has 0 amide bonds. The van der Waals surface area contributed by atoms with Crippen LogP contribution in [0, 0.1) is 6.92 Å². The van der Waals surface area contributed by atoms with Crippen molar-refractivity contribution in [2.24, 2.45) is 0 Å². The highest BCUT2D eigenvalue weighted by atomic mass is 32.1. The van der Waals surface area contributed by atoms with Gasteiger partial charge in [-0.2, -0.15) is 12.6 Å². The number of thiol groups is 1. The Bertz CT molecular complexity index is 35.2. The molecule has 7 heavy (non-hydrogen) atoms. The van der Waals surface area contributed by atoms with Gasteiger partial charge < -0.3 is 0 Å². The van der Waals surface area contributed by atoms with Crippen molar-refractivity contribution in [2.45, 2.75) is 31.4 Å². The minimum Gasteiger partial charge on any atom is -0.176 e. The maximum atomic E-state index is 5.26. The number of rotatable bonds is 3. The van der Waals surface area contributed by atoms with Crippen molar-refractivity contribution >= 4 is 12.6 Å². The molecule has 0 saturated heterocycles. The molecule has 0 fully saturated rings. The molecule has 0 saturated carbocycles. The largest absolute Gasteiger partial charge is 0.176 e. The highest BCUT2D eigenvalue weighted by molar-refractivity contribution is 7.80. The zero-order chi connectivity index (χ0) is 5.70. The van der Waals surface area contributed by atoms with E-state index in [1.165, 1.54) is 0 Å². The second-order valence-electron chi connectivity index (χ2n) is 1.64. The van der Waals surface area contributed by atoms with E-state index in [1.54, 1.807) is 0 Å². The van der Waals surface area contributed by atoms with E-state index in [0.717, 1.165) is 19.3 Å². The third-order valence-electron chi connectivity index (χ3n) is 0.971. The van der Waals surface area contributed by atoms with Gasteiger partial charge in [0.1, 0.15) is 0 Å². The normalized spacial score (nSPS) is 14.1. The first-order valence-corrected chi connectivity index (χ1v) is 3.21. The fraction of sp³-hybridized carbons (Fsp3) is 0.833. The molecule has 0 heterocycles. The van der Waals surface area contributed by atoms with Gasteiger partial charge in [0.25, 0.3) is 0 Å². The molecule has 42 valence electrons. The SMILES string of the molecule is [CH]CCC(S)CC. The van der Waals surface area contributed by atoms with Gasteiger partial charge in [-0.3, -0.25) is 0 Å². The molecule has 0 N–H and O–H groups in total. The van der Waals surface area contributed by atoms with Crippen LogP contribution in [0.4, 0.5) is 0 Å². The molecule has 0 aromatic heterocycles. The summed E-state index contributed by atoms with van der Waals surface area (Å²) in [6.45, 7) is 7.37. The standard InChI is InChI=1S/C6H12S/c1-3-5-6(7)4-2/h1,6-7H,3-5H2,2H3. The Hall–Kier alpha value is 0.350. The van der Waals surface area contributed by atoms with Crippen molar-refractivity contribution in [3.05, 3.63) is 6.92 Å². The lowest BCUT2D eigenvalue weighted by atomic mass is 10.2. The Balaban J connectivity index is 2.83. The van der Waals surface area contributed by atoms with Crippen LogP contribution in [0.1, 0.15) is 26.2 Å². The fourth-order valence-electron chi connectivity index (χ4n) is 0.397. The van der Waals surface area contributed by atoms with Gasteiger partial charge in [-0.15, -0.1) is 0 Å². The van der Waals surface area contributed by atoms with E-state index in [9.17, 15) is 0 Å². The molecule has 1 atom stereocenters. The first-order valence-electron chi connectivity index (χ1n) is 2.69. The molecule has 0 aliphatic heterocycles. The van der Waals surface area contributed by atoms with Crippen molar-refractivity contribution in [3.63, 3.8) is 0 Å². The summed E-state index contributed by atoms with van der Waals surface area (Å²) >= 11 is 4.23. The Morgan fingerprint density at radius 3 is 2.43 bits per heavy atom. The van der Waals surface area contributed by atoms with Gasteiger partial charge in [-0.05, 0) is 26.2 Å². The minimum absolute atomic E-state index is 0.519. The van der Waals surface area contributed by atoms with Gasteiger partial charge >= 0.3 is 0 Å². The third kappa shape index (κ3) is 4.20. The molecule has 0 bridgehead atoms. The predicted molar refractivity (Wildman–Crippen MR) is 36.6 cm³/mol. The van der Waals surface area contributed by atoms with Crippen LogP contribution in [0.25, 0.3) is 0 Å². The van der Waals surface area contributed by atoms with E-state index in [1.807, 2.05) is 0 Å². The first-order chi connectivity index (χ1) is 3.31. The second kappa shape index (κ2) is 4.51. The number of hydrogen-bond acceptors (Lipinski definition) is 1. The van der Waals surface area contributed by atoms with Gasteiger partial charge in [0.05, 0.1) is 0 Å². The molecule has 0 nitrogen and oxygen atoms in total. The van der Waals surface area contributed by atoms with Gasteiger partial charge in [0.2, 0.25) is 0 Å². The van der Waals surface area contributed by atoms with Crippen LogP contribution in [0.2, 0.25) is 0 Å². The average molecular weight is 116 g/mol. The molecule has 2 radical (unpaired) electrons. The van der Waals surface area contributed by atoms with Crippen LogP contribution in [0.3, 0.4) is 0 Å². The molecule has 0 spiro atoms. The Kier molecular flexibility index (Phi) is 4.73. The molecule has 0 aromatic rings. The van der Waals surface area contributed by atoms with Crippen LogP contribution in [0.5, 0.6) is 0 Å². The molecule has 0 rings (SSSR count). The lowest BCUT2D eigenvalue weighted by Gasteiger charge is -2.01. The van der Waals surface area contributed by atoms with Crippen LogP contribution < -0.4 is 0 Å². The summed E-state index contributed by atoms with van der Waals surface area (Å²) in [5.41, 5.74) is 0. The van der Waals surface area contributed by atoms with Gasteiger partial charge in [-0.1, -0.05) is 6.92 Å². The summed E-state index contributed by atoms with van der Waals surface area (Å²) in [6.07, 6.45) is 2.93. The summed E-state index contributed by atoms with van der Waals surface area (Å²) in [4.78, 5) is 0. The van der Waals surface area contributed by atoms with Crippen molar-refractivity contribution in [3.8, 4) is 0 Å². The van der Waals surface area contributed by atoms with E-state index >= 15 is 0 Å². The maximum Gasteiger partial charge on any atom is 0.00142 e. The summed E-state index contributed by atoms with van der Waals surface area (Å²) in [7, 11) is 0. The molecule has 0 aliphatic carbocycles. The molecular weight excluding hydrogens is 104 g/mol. The van der Waals surface area contributed by atoms with E-state index in [4.69, 9.17) is 6.92 Å². The van der Waals surface area contributed by atoms with Gasteiger partial charge in [0.15, 0.2) is 0 Å². The highest BCUT2D eigenvalue weighted by Gasteiger charge is 1.93. The summed E-state index contributed by atoms with van der Waals surface area (Å²) in [6, 6.07) is 0. The smallest absolute Gasteiger partial charge is 0.00142 e. The zero-order valence-corrected chi connectivity index (χ0v) is 5.62. The Morgan fingerprint density at radius 1 is 1.71 bits per heavy atom. The van der Waals surface area contributed by atoms with Crippen molar-refractivity contribution in [2.75, 3.05) is 0 Å². The molecule has 1 unspecified atom stereocenters. The van der Waals surface area contributed by atoms with E-state index in [0.29, 0.717) is 5.25 Å². The first kappa shape index (κ1) is 7.35. The zero-order valence-electron chi connectivity index (χ0n) is 4.72. The summed E-state index contributed by atoms with van der Waals surface area (Å²) in [5.74, 6) is 0.